The fourth-order valence-corrected chi connectivity index (χ4v) is 1.70. The highest BCUT2D eigenvalue weighted by Crippen LogP contribution is 2.16. The first kappa shape index (κ1) is 16.2. The molecule has 1 heterocycles. The first-order chi connectivity index (χ1) is 9.02. The minimum atomic E-state index is 0.0857. The Balaban J connectivity index is 2.40. The van der Waals surface area contributed by atoms with Crippen molar-refractivity contribution in [1.82, 2.24) is 5.32 Å². The highest BCUT2D eigenvalue weighted by molar-refractivity contribution is 5.20. The number of hydrogen-bond acceptors (Lipinski definition) is 4. The number of furan rings is 1. The van der Waals surface area contributed by atoms with E-state index in [1.807, 2.05) is 20.8 Å². The lowest BCUT2D eigenvalue weighted by Crippen LogP contribution is -2.21. The number of nitrogens with one attached hydrogen (secondary N) is 1. The van der Waals surface area contributed by atoms with Gasteiger partial charge in [0, 0.05) is 24.8 Å². The van der Waals surface area contributed by atoms with Crippen molar-refractivity contribution < 1.29 is 13.9 Å². The van der Waals surface area contributed by atoms with Crippen molar-refractivity contribution in [3.8, 4) is 0 Å². The second kappa shape index (κ2) is 8.35. The third kappa shape index (κ3) is 6.23. The molecule has 1 rings (SSSR count). The molecule has 1 aromatic heterocycles. The van der Waals surface area contributed by atoms with Crippen LogP contribution >= 0.6 is 0 Å². The minimum Gasteiger partial charge on any atom is -0.464 e. The predicted molar refractivity (Wildman–Crippen MR) is 76.2 cm³/mol. The van der Waals surface area contributed by atoms with Crippen molar-refractivity contribution in [2.24, 2.45) is 0 Å². The third-order valence-corrected chi connectivity index (χ3v) is 2.84. The standard InChI is InChI=1S/C15H27NO3/c1-6-17-9-12(4)18-10-15-7-14(13(5)19-15)8-16-11(2)3/h7,11-12,16H,6,8-10H2,1-5H3. The van der Waals surface area contributed by atoms with E-state index in [2.05, 4.69) is 25.2 Å². The van der Waals surface area contributed by atoms with E-state index in [0.717, 1.165) is 24.7 Å². The third-order valence-electron chi connectivity index (χ3n) is 2.84. The van der Waals surface area contributed by atoms with Crippen LogP contribution in [0.25, 0.3) is 0 Å². The lowest BCUT2D eigenvalue weighted by atomic mass is 10.2. The van der Waals surface area contributed by atoms with Crippen molar-refractivity contribution >= 4 is 0 Å². The first-order valence-electron chi connectivity index (χ1n) is 7.03. The summed E-state index contributed by atoms with van der Waals surface area (Å²) in [5.74, 6) is 1.84. The molecule has 0 aromatic carbocycles. The van der Waals surface area contributed by atoms with E-state index >= 15 is 0 Å². The quantitative estimate of drug-likeness (QED) is 0.748. The molecule has 0 aliphatic heterocycles. The minimum absolute atomic E-state index is 0.0857. The van der Waals surface area contributed by atoms with Crippen molar-refractivity contribution in [3.63, 3.8) is 0 Å². The van der Waals surface area contributed by atoms with Gasteiger partial charge in [0.1, 0.15) is 18.1 Å². The van der Waals surface area contributed by atoms with Crippen LogP contribution < -0.4 is 5.32 Å². The van der Waals surface area contributed by atoms with Gasteiger partial charge in [0.15, 0.2) is 0 Å². The molecule has 19 heavy (non-hydrogen) atoms. The van der Waals surface area contributed by atoms with Gasteiger partial charge in [-0.1, -0.05) is 13.8 Å². The Morgan fingerprint density at radius 2 is 2.05 bits per heavy atom. The summed E-state index contributed by atoms with van der Waals surface area (Å²) in [6.45, 7) is 12.9. The van der Waals surface area contributed by atoms with E-state index < -0.39 is 0 Å². The highest BCUT2D eigenvalue weighted by Gasteiger charge is 2.09. The number of aryl methyl sites for hydroxylation is 1. The van der Waals surface area contributed by atoms with Crippen LogP contribution in [-0.2, 0) is 22.6 Å². The molecule has 4 nitrogen and oxygen atoms in total. The molecule has 0 fully saturated rings. The van der Waals surface area contributed by atoms with Crippen molar-refractivity contribution in [2.45, 2.75) is 59.9 Å². The summed E-state index contributed by atoms with van der Waals surface area (Å²) in [6.07, 6.45) is 0.0857. The van der Waals surface area contributed by atoms with Gasteiger partial charge in [-0.05, 0) is 26.8 Å². The van der Waals surface area contributed by atoms with Gasteiger partial charge in [0.05, 0.1) is 12.7 Å². The van der Waals surface area contributed by atoms with Crippen LogP contribution in [0.4, 0.5) is 0 Å². The Labute approximate surface area is 116 Å². The molecule has 110 valence electrons. The Bertz CT molecular complexity index is 360. The van der Waals surface area contributed by atoms with E-state index in [0.29, 0.717) is 19.3 Å². The molecular weight excluding hydrogens is 242 g/mol. The lowest BCUT2D eigenvalue weighted by molar-refractivity contribution is -0.0172. The molecule has 0 aliphatic carbocycles. The molecule has 0 bridgehead atoms. The van der Waals surface area contributed by atoms with Crippen LogP contribution in [-0.4, -0.2) is 25.4 Å². The molecule has 0 amide bonds. The molecule has 1 unspecified atom stereocenters. The Hall–Kier alpha value is -0.840. The van der Waals surface area contributed by atoms with Crippen LogP contribution in [0, 0.1) is 6.92 Å². The molecule has 1 N–H and O–H groups in total. The average molecular weight is 269 g/mol. The maximum Gasteiger partial charge on any atom is 0.130 e. The summed E-state index contributed by atoms with van der Waals surface area (Å²) in [4.78, 5) is 0. The van der Waals surface area contributed by atoms with Crippen molar-refractivity contribution in [2.75, 3.05) is 13.2 Å². The second-order valence-electron chi connectivity index (χ2n) is 5.11. The van der Waals surface area contributed by atoms with Crippen molar-refractivity contribution in [1.29, 1.82) is 0 Å². The van der Waals surface area contributed by atoms with Gasteiger partial charge < -0.3 is 19.2 Å². The summed E-state index contributed by atoms with van der Waals surface area (Å²) in [7, 11) is 0. The van der Waals surface area contributed by atoms with Gasteiger partial charge in [-0.25, -0.2) is 0 Å². The number of ether oxygens (including phenoxy) is 2. The molecule has 0 saturated carbocycles. The van der Waals surface area contributed by atoms with Crippen molar-refractivity contribution in [3.05, 3.63) is 23.2 Å². The van der Waals surface area contributed by atoms with Crippen LogP contribution in [0.1, 0.15) is 44.8 Å². The van der Waals surface area contributed by atoms with E-state index in [9.17, 15) is 0 Å². The summed E-state index contributed by atoms with van der Waals surface area (Å²) in [5, 5.41) is 3.39. The zero-order chi connectivity index (χ0) is 14.3. The normalized spacial score (nSPS) is 13.2. The molecule has 4 heteroatoms. The molecule has 0 saturated heterocycles. The summed E-state index contributed by atoms with van der Waals surface area (Å²) < 4.78 is 16.7. The molecule has 0 radical (unpaired) electrons. The zero-order valence-electron chi connectivity index (χ0n) is 12.8. The SMILES string of the molecule is CCOCC(C)OCc1cc(CNC(C)C)c(C)o1. The first-order valence-corrected chi connectivity index (χ1v) is 7.03. The van der Waals surface area contributed by atoms with E-state index in [1.165, 1.54) is 5.56 Å². The Kier molecular flexibility index (Phi) is 7.13. The van der Waals surface area contributed by atoms with E-state index in [4.69, 9.17) is 13.9 Å². The van der Waals surface area contributed by atoms with Crippen LogP contribution in [0.5, 0.6) is 0 Å². The fourth-order valence-electron chi connectivity index (χ4n) is 1.70. The monoisotopic (exact) mass is 269 g/mol. The van der Waals surface area contributed by atoms with Gasteiger partial charge >= 0.3 is 0 Å². The van der Waals surface area contributed by atoms with Gasteiger partial charge in [-0.15, -0.1) is 0 Å². The summed E-state index contributed by atoms with van der Waals surface area (Å²) >= 11 is 0. The van der Waals surface area contributed by atoms with Gasteiger partial charge in [0.2, 0.25) is 0 Å². The number of rotatable bonds is 9. The molecular formula is C15H27NO3. The predicted octanol–water partition coefficient (Wildman–Crippen LogP) is 3.03. The molecule has 0 spiro atoms. The van der Waals surface area contributed by atoms with Crippen LogP contribution in [0.3, 0.4) is 0 Å². The largest absolute Gasteiger partial charge is 0.464 e. The average Bonchev–Trinajstić information content (AvgIpc) is 2.72. The van der Waals surface area contributed by atoms with E-state index in [1.54, 1.807) is 0 Å². The zero-order valence-corrected chi connectivity index (χ0v) is 12.8. The Morgan fingerprint density at radius 3 is 2.68 bits per heavy atom. The molecule has 1 atom stereocenters. The van der Waals surface area contributed by atoms with Crippen LogP contribution in [0.15, 0.2) is 10.5 Å². The number of hydrogen-bond donors (Lipinski definition) is 1. The van der Waals surface area contributed by atoms with Gasteiger partial charge in [-0.2, -0.15) is 0 Å². The van der Waals surface area contributed by atoms with E-state index in [-0.39, 0.29) is 6.10 Å². The lowest BCUT2D eigenvalue weighted by Gasteiger charge is -2.11. The molecule has 1 aromatic rings. The highest BCUT2D eigenvalue weighted by atomic mass is 16.5. The smallest absolute Gasteiger partial charge is 0.130 e. The Morgan fingerprint density at radius 1 is 1.32 bits per heavy atom. The maximum atomic E-state index is 5.70. The topological polar surface area (TPSA) is 43.6 Å². The summed E-state index contributed by atoms with van der Waals surface area (Å²) in [6, 6.07) is 2.54. The summed E-state index contributed by atoms with van der Waals surface area (Å²) in [5.41, 5.74) is 1.20. The maximum absolute atomic E-state index is 5.70. The van der Waals surface area contributed by atoms with Gasteiger partial charge in [0.25, 0.3) is 0 Å². The van der Waals surface area contributed by atoms with Crippen LogP contribution in [0.2, 0.25) is 0 Å². The van der Waals surface area contributed by atoms with Gasteiger partial charge in [-0.3, -0.25) is 0 Å². The molecule has 0 aliphatic rings. The fraction of sp³-hybridized carbons (Fsp3) is 0.733. The second-order valence-corrected chi connectivity index (χ2v) is 5.11.